The van der Waals surface area contributed by atoms with Crippen molar-refractivity contribution in [2.24, 2.45) is 0 Å². The first kappa shape index (κ1) is 22.1. The highest BCUT2D eigenvalue weighted by Crippen LogP contribution is 2.32. The molecule has 0 unspecified atom stereocenters. The molecule has 12 heteroatoms. The van der Waals surface area contributed by atoms with E-state index in [1.54, 1.807) is 12.1 Å². The van der Waals surface area contributed by atoms with Gasteiger partial charge in [0.15, 0.2) is 11.6 Å². The largest absolute Gasteiger partial charge is 0.384 e. The Morgan fingerprint density at radius 3 is 2.23 bits per heavy atom. The summed E-state index contributed by atoms with van der Waals surface area (Å²) in [5, 5.41) is 4.56. The van der Waals surface area contributed by atoms with E-state index in [0.29, 0.717) is 28.5 Å². The molecule has 0 amide bonds. The summed E-state index contributed by atoms with van der Waals surface area (Å²) < 4.78 is 57.6. The number of anilines is 3. The quantitative estimate of drug-likeness (QED) is 0.263. The average molecular weight is 480 g/mol. The molecule has 0 aliphatic rings. The Labute approximate surface area is 195 Å². The maximum Gasteiger partial charge on any atom is 0.255 e. The number of nitrogens with two attached hydrogens (primary N) is 3. The molecule has 0 radical (unpaired) electrons. The standard InChI is InChI=1S/C23H16F4N8/c24-11-2-5-17-13(7-11)16(8-12-14(25)3-4-15(26)20(12)27)34-35(17)23-32-21(29)19(22(30)33-23)10-1-6-18(28)31-9-10/h1-7,9H,8H2,(H2,28,31)(H4,29,30,32,33). The van der Waals surface area contributed by atoms with Crippen LogP contribution in [0, 0.1) is 23.3 Å². The molecule has 0 bridgehead atoms. The Kier molecular flexibility index (Phi) is 5.20. The monoisotopic (exact) mass is 480 g/mol. The number of nitrogen functional groups attached to an aromatic ring is 3. The van der Waals surface area contributed by atoms with E-state index in [9.17, 15) is 17.6 Å². The molecule has 176 valence electrons. The maximum absolute atomic E-state index is 14.3. The summed E-state index contributed by atoms with van der Waals surface area (Å²) >= 11 is 0. The van der Waals surface area contributed by atoms with Crippen LogP contribution >= 0.6 is 0 Å². The van der Waals surface area contributed by atoms with E-state index in [1.165, 1.54) is 23.0 Å². The van der Waals surface area contributed by atoms with Crippen LogP contribution in [-0.2, 0) is 6.42 Å². The fourth-order valence-corrected chi connectivity index (χ4v) is 3.76. The van der Waals surface area contributed by atoms with Crippen molar-refractivity contribution in [3.05, 3.63) is 83.2 Å². The first-order valence-corrected chi connectivity index (χ1v) is 10.2. The van der Waals surface area contributed by atoms with Crippen molar-refractivity contribution in [3.63, 3.8) is 0 Å². The lowest BCUT2D eigenvalue weighted by Crippen LogP contribution is -2.10. The van der Waals surface area contributed by atoms with E-state index in [0.717, 1.165) is 12.1 Å². The molecule has 0 saturated carbocycles. The molecule has 6 N–H and O–H groups in total. The van der Waals surface area contributed by atoms with Gasteiger partial charge in [-0.05, 0) is 42.5 Å². The van der Waals surface area contributed by atoms with Crippen molar-refractivity contribution in [2.45, 2.75) is 6.42 Å². The highest BCUT2D eigenvalue weighted by atomic mass is 19.2. The minimum absolute atomic E-state index is 0.00797. The molecule has 0 atom stereocenters. The highest BCUT2D eigenvalue weighted by molar-refractivity contribution is 5.85. The normalized spacial score (nSPS) is 11.3. The predicted molar refractivity (Wildman–Crippen MR) is 122 cm³/mol. The number of aromatic nitrogens is 5. The Morgan fingerprint density at radius 2 is 1.54 bits per heavy atom. The number of rotatable bonds is 4. The smallest absolute Gasteiger partial charge is 0.255 e. The van der Waals surface area contributed by atoms with Crippen LogP contribution in [0.1, 0.15) is 11.3 Å². The molecule has 35 heavy (non-hydrogen) atoms. The van der Waals surface area contributed by atoms with E-state index in [4.69, 9.17) is 17.2 Å². The molecule has 0 saturated heterocycles. The number of benzene rings is 2. The van der Waals surface area contributed by atoms with Crippen LogP contribution in [0.5, 0.6) is 0 Å². The van der Waals surface area contributed by atoms with Crippen molar-refractivity contribution in [2.75, 3.05) is 17.2 Å². The van der Waals surface area contributed by atoms with Gasteiger partial charge < -0.3 is 17.2 Å². The topological polar surface area (TPSA) is 135 Å². The molecule has 0 spiro atoms. The van der Waals surface area contributed by atoms with Crippen molar-refractivity contribution in [3.8, 4) is 17.1 Å². The van der Waals surface area contributed by atoms with E-state index in [-0.39, 0.29) is 28.7 Å². The van der Waals surface area contributed by atoms with Crippen LogP contribution in [0.3, 0.4) is 0 Å². The van der Waals surface area contributed by atoms with Crippen LogP contribution in [0.4, 0.5) is 35.0 Å². The van der Waals surface area contributed by atoms with Crippen molar-refractivity contribution in [1.29, 1.82) is 0 Å². The zero-order valence-corrected chi connectivity index (χ0v) is 17.8. The van der Waals surface area contributed by atoms with E-state index < -0.39 is 35.3 Å². The lowest BCUT2D eigenvalue weighted by Gasteiger charge is -2.10. The highest BCUT2D eigenvalue weighted by Gasteiger charge is 2.21. The van der Waals surface area contributed by atoms with Crippen molar-refractivity contribution in [1.82, 2.24) is 24.7 Å². The average Bonchev–Trinajstić information content (AvgIpc) is 3.17. The second-order valence-corrected chi connectivity index (χ2v) is 7.66. The molecule has 3 aromatic heterocycles. The molecular formula is C23H16F4N8. The molecule has 0 aliphatic carbocycles. The molecule has 5 rings (SSSR count). The van der Waals surface area contributed by atoms with Gasteiger partial charge in [-0.1, -0.05) is 0 Å². The summed E-state index contributed by atoms with van der Waals surface area (Å²) in [6, 6.07) is 8.42. The van der Waals surface area contributed by atoms with E-state index in [1.807, 2.05) is 0 Å². The van der Waals surface area contributed by atoms with Crippen LogP contribution in [-0.4, -0.2) is 24.7 Å². The van der Waals surface area contributed by atoms with Gasteiger partial charge in [-0.15, -0.1) is 0 Å². The summed E-state index contributed by atoms with van der Waals surface area (Å²) in [4.78, 5) is 12.5. The maximum atomic E-state index is 14.3. The zero-order valence-electron chi connectivity index (χ0n) is 17.8. The molecule has 0 aliphatic heterocycles. The first-order valence-electron chi connectivity index (χ1n) is 10.2. The second kappa shape index (κ2) is 8.24. The third-order valence-corrected chi connectivity index (χ3v) is 5.42. The van der Waals surface area contributed by atoms with E-state index in [2.05, 4.69) is 20.1 Å². The number of hydrogen-bond donors (Lipinski definition) is 3. The number of fused-ring (bicyclic) bond motifs is 1. The molecule has 0 fully saturated rings. The Morgan fingerprint density at radius 1 is 0.829 bits per heavy atom. The lowest BCUT2D eigenvalue weighted by atomic mass is 10.1. The van der Waals surface area contributed by atoms with Crippen LogP contribution < -0.4 is 17.2 Å². The van der Waals surface area contributed by atoms with Crippen LogP contribution in [0.25, 0.3) is 28.0 Å². The third-order valence-electron chi connectivity index (χ3n) is 5.42. The second-order valence-electron chi connectivity index (χ2n) is 7.66. The molecule has 8 nitrogen and oxygen atoms in total. The first-order chi connectivity index (χ1) is 16.7. The van der Waals surface area contributed by atoms with Crippen LogP contribution in [0.15, 0.2) is 48.7 Å². The summed E-state index contributed by atoms with van der Waals surface area (Å²) in [6.07, 6.45) is 1.01. The van der Waals surface area contributed by atoms with Crippen LogP contribution in [0.2, 0.25) is 0 Å². The van der Waals surface area contributed by atoms with Gasteiger partial charge in [-0.2, -0.15) is 19.7 Å². The number of pyridine rings is 1. The predicted octanol–water partition coefficient (Wildman–Crippen LogP) is 3.77. The summed E-state index contributed by atoms with van der Waals surface area (Å²) in [5.74, 6) is -3.88. The van der Waals surface area contributed by atoms with E-state index >= 15 is 0 Å². The SMILES string of the molecule is Nc1ccc(-c2c(N)nc(-n3nc(Cc4c(F)ccc(F)c4F)c4cc(F)ccc43)nc2N)cn1. The summed E-state index contributed by atoms with van der Waals surface area (Å²) in [7, 11) is 0. The minimum Gasteiger partial charge on any atom is -0.384 e. The fraction of sp³-hybridized carbons (Fsp3) is 0.0435. The molecule has 3 heterocycles. The molecule has 2 aromatic carbocycles. The summed E-state index contributed by atoms with van der Waals surface area (Å²) in [5.41, 5.74) is 18.6. The Hall–Kier alpha value is -4.74. The van der Waals surface area contributed by atoms with Gasteiger partial charge in [-0.3, -0.25) is 0 Å². The Balaban J connectivity index is 1.66. The van der Waals surface area contributed by atoms with Gasteiger partial charge in [-0.25, -0.2) is 22.5 Å². The van der Waals surface area contributed by atoms with Gasteiger partial charge in [0.1, 0.15) is 29.1 Å². The van der Waals surface area contributed by atoms with Crippen molar-refractivity contribution < 1.29 is 17.6 Å². The number of hydrogen-bond acceptors (Lipinski definition) is 7. The number of nitrogens with zero attached hydrogens (tertiary/aromatic N) is 5. The minimum atomic E-state index is -1.35. The van der Waals surface area contributed by atoms with Gasteiger partial charge in [0.25, 0.3) is 5.95 Å². The fourth-order valence-electron chi connectivity index (χ4n) is 3.76. The van der Waals surface area contributed by atoms with Gasteiger partial charge >= 0.3 is 0 Å². The third kappa shape index (κ3) is 3.84. The molecular weight excluding hydrogens is 464 g/mol. The summed E-state index contributed by atoms with van der Waals surface area (Å²) in [6.45, 7) is 0. The van der Waals surface area contributed by atoms with Gasteiger partial charge in [0, 0.05) is 29.1 Å². The lowest BCUT2D eigenvalue weighted by molar-refractivity contribution is 0.482. The number of halogens is 4. The van der Waals surface area contributed by atoms with Crippen molar-refractivity contribution >= 4 is 28.4 Å². The zero-order chi connectivity index (χ0) is 24.9. The molecule has 5 aromatic rings. The van der Waals surface area contributed by atoms with Gasteiger partial charge in [0.05, 0.1) is 16.8 Å². The van der Waals surface area contributed by atoms with Gasteiger partial charge in [0.2, 0.25) is 0 Å². The Bertz CT molecular complexity index is 1580.